The van der Waals surface area contributed by atoms with Gasteiger partial charge in [-0.05, 0) is 32.4 Å². The fourth-order valence-corrected chi connectivity index (χ4v) is 5.81. The van der Waals surface area contributed by atoms with Gasteiger partial charge in [0.15, 0.2) is 15.6 Å². The predicted molar refractivity (Wildman–Crippen MR) is 103 cm³/mol. The number of ether oxygens (including phenoxy) is 4. The summed E-state index contributed by atoms with van der Waals surface area (Å²) in [5.41, 5.74) is 0. The predicted octanol–water partition coefficient (Wildman–Crippen LogP) is 1.78. The summed E-state index contributed by atoms with van der Waals surface area (Å²) < 4.78 is 49.2. The van der Waals surface area contributed by atoms with Gasteiger partial charge in [0.1, 0.15) is 0 Å². The first-order chi connectivity index (χ1) is 13.3. The van der Waals surface area contributed by atoms with Gasteiger partial charge in [-0.2, -0.15) is 0 Å². The molecule has 2 aliphatic rings. The van der Waals surface area contributed by atoms with Crippen molar-refractivity contribution in [2.45, 2.75) is 61.8 Å². The molecular weight excluding hydrogens is 384 g/mol. The zero-order chi connectivity index (χ0) is 20.4. The van der Waals surface area contributed by atoms with E-state index in [0.717, 1.165) is 0 Å². The van der Waals surface area contributed by atoms with E-state index in [1.165, 1.54) is 0 Å². The average Bonchev–Trinajstić information content (AvgIpc) is 3.15. The Labute approximate surface area is 166 Å². The van der Waals surface area contributed by atoms with Crippen LogP contribution in [0.2, 0.25) is 0 Å². The Morgan fingerprint density at radius 1 is 1.21 bits per heavy atom. The number of hydrogen-bond acceptors (Lipinski definition) is 7. The van der Waals surface area contributed by atoms with Crippen molar-refractivity contribution in [3.8, 4) is 0 Å². The van der Waals surface area contributed by atoms with Gasteiger partial charge in [-0.15, -0.1) is 0 Å². The van der Waals surface area contributed by atoms with Gasteiger partial charge in [-0.1, -0.05) is 18.2 Å². The lowest BCUT2D eigenvalue weighted by molar-refractivity contribution is -0.144. The van der Waals surface area contributed by atoms with Crippen LogP contribution in [0, 0.1) is 5.92 Å². The monoisotopic (exact) mass is 414 g/mol. The molecule has 2 heterocycles. The molecule has 0 aliphatic carbocycles. The van der Waals surface area contributed by atoms with Gasteiger partial charge in [0.2, 0.25) is 0 Å². The average molecular weight is 415 g/mol. The van der Waals surface area contributed by atoms with Crippen molar-refractivity contribution in [1.29, 1.82) is 0 Å². The zero-order valence-corrected chi connectivity index (χ0v) is 17.4. The van der Waals surface area contributed by atoms with Crippen LogP contribution in [0.5, 0.6) is 0 Å². The Morgan fingerprint density at radius 3 is 2.50 bits per heavy atom. The van der Waals surface area contributed by atoms with Crippen LogP contribution < -0.4 is 0 Å². The van der Waals surface area contributed by atoms with Crippen molar-refractivity contribution in [2.24, 2.45) is 5.92 Å². The minimum absolute atomic E-state index is 0.0776. The van der Waals surface area contributed by atoms with Crippen LogP contribution in [0.25, 0.3) is 0 Å². The highest BCUT2D eigenvalue weighted by molar-refractivity contribution is 7.91. The summed E-state index contributed by atoms with van der Waals surface area (Å²) in [5, 5.41) is 9.44. The molecule has 1 aromatic carbocycles. The summed E-state index contributed by atoms with van der Waals surface area (Å²) in [5.74, 6) is -1.10. The molecule has 0 amide bonds. The maximum absolute atomic E-state index is 12.9. The molecule has 8 heteroatoms. The topological polar surface area (TPSA) is 91.3 Å². The molecule has 0 aromatic heterocycles. The van der Waals surface area contributed by atoms with Crippen LogP contribution in [0.1, 0.15) is 26.7 Å². The molecular formula is C20H30O7S. The normalized spacial score (nSPS) is 32.6. The van der Waals surface area contributed by atoms with Crippen molar-refractivity contribution in [3.05, 3.63) is 30.3 Å². The van der Waals surface area contributed by atoms with E-state index in [9.17, 15) is 13.5 Å². The molecule has 2 aliphatic heterocycles. The van der Waals surface area contributed by atoms with E-state index in [1.54, 1.807) is 37.4 Å². The SMILES string of the molecule is CO[C@@H]1C(CS(=O)(=O)c2ccccc2)C(CCO)O[C@@H]1C[C@H]1COC(C)(C)O1. The molecule has 3 rings (SSSR count). The molecule has 158 valence electrons. The van der Waals surface area contributed by atoms with Gasteiger partial charge in [0.25, 0.3) is 0 Å². The van der Waals surface area contributed by atoms with E-state index in [1.807, 2.05) is 13.8 Å². The van der Waals surface area contributed by atoms with Crippen molar-refractivity contribution >= 4 is 9.84 Å². The second-order valence-electron chi connectivity index (χ2n) is 7.87. The summed E-state index contributed by atoms with van der Waals surface area (Å²) >= 11 is 0. The summed E-state index contributed by atoms with van der Waals surface area (Å²) in [6.45, 7) is 4.10. The quantitative estimate of drug-likeness (QED) is 0.693. The number of aliphatic hydroxyl groups is 1. The largest absolute Gasteiger partial charge is 0.396 e. The molecule has 5 atom stereocenters. The maximum atomic E-state index is 12.9. The Hall–Kier alpha value is -1.03. The molecule has 2 unspecified atom stereocenters. The summed E-state index contributed by atoms with van der Waals surface area (Å²) in [4.78, 5) is 0.283. The van der Waals surface area contributed by atoms with Crippen molar-refractivity contribution in [1.82, 2.24) is 0 Å². The van der Waals surface area contributed by atoms with Crippen molar-refractivity contribution in [3.63, 3.8) is 0 Å². The van der Waals surface area contributed by atoms with E-state index in [0.29, 0.717) is 19.4 Å². The number of methoxy groups -OCH3 is 1. The summed E-state index contributed by atoms with van der Waals surface area (Å²) in [6.07, 6.45) is -0.349. The Morgan fingerprint density at radius 2 is 1.93 bits per heavy atom. The number of hydrogen-bond donors (Lipinski definition) is 1. The van der Waals surface area contributed by atoms with Crippen LogP contribution in [-0.2, 0) is 28.8 Å². The number of benzene rings is 1. The maximum Gasteiger partial charge on any atom is 0.178 e. The highest BCUT2D eigenvalue weighted by Crippen LogP contribution is 2.37. The lowest BCUT2D eigenvalue weighted by Gasteiger charge is -2.24. The van der Waals surface area contributed by atoms with Crippen molar-refractivity contribution in [2.75, 3.05) is 26.1 Å². The highest BCUT2D eigenvalue weighted by Gasteiger charge is 2.48. The molecule has 0 radical (unpaired) electrons. The van der Waals surface area contributed by atoms with E-state index < -0.39 is 27.8 Å². The molecule has 1 aromatic rings. The van der Waals surface area contributed by atoms with Gasteiger partial charge in [0, 0.05) is 26.1 Å². The molecule has 0 bridgehead atoms. The van der Waals surface area contributed by atoms with Gasteiger partial charge in [-0.25, -0.2) is 8.42 Å². The molecule has 2 saturated heterocycles. The first kappa shape index (κ1) is 21.7. The molecule has 0 spiro atoms. The number of rotatable bonds is 8. The Kier molecular flexibility index (Phi) is 6.79. The first-order valence-electron chi connectivity index (χ1n) is 9.64. The molecule has 28 heavy (non-hydrogen) atoms. The fourth-order valence-electron chi connectivity index (χ4n) is 4.13. The van der Waals surface area contributed by atoms with Gasteiger partial charge in [0.05, 0.1) is 41.7 Å². The number of aliphatic hydroxyl groups excluding tert-OH is 1. The zero-order valence-electron chi connectivity index (χ0n) is 16.6. The first-order valence-corrected chi connectivity index (χ1v) is 11.3. The molecule has 1 N–H and O–H groups in total. The minimum atomic E-state index is -3.50. The van der Waals surface area contributed by atoms with Crippen LogP contribution >= 0.6 is 0 Å². The third-order valence-electron chi connectivity index (χ3n) is 5.38. The van der Waals surface area contributed by atoms with Gasteiger partial charge < -0.3 is 24.1 Å². The van der Waals surface area contributed by atoms with E-state index in [-0.39, 0.29) is 35.4 Å². The van der Waals surface area contributed by atoms with E-state index in [4.69, 9.17) is 18.9 Å². The third kappa shape index (κ3) is 4.93. The highest BCUT2D eigenvalue weighted by atomic mass is 32.2. The van der Waals surface area contributed by atoms with Gasteiger partial charge >= 0.3 is 0 Å². The number of sulfone groups is 1. The van der Waals surface area contributed by atoms with Crippen molar-refractivity contribution < 1.29 is 32.5 Å². The van der Waals surface area contributed by atoms with Gasteiger partial charge in [-0.3, -0.25) is 0 Å². The van der Waals surface area contributed by atoms with Crippen LogP contribution in [-0.4, -0.2) is 69.8 Å². The Balaban J connectivity index is 1.76. The second-order valence-corrected chi connectivity index (χ2v) is 9.90. The van der Waals surface area contributed by atoms with Crippen LogP contribution in [0.3, 0.4) is 0 Å². The van der Waals surface area contributed by atoms with Crippen LogP contribution in [0.15, 0.2) is 35.2 Å². The second kappa shape index (κ2) is 8.77. The molecule has 7 nitrogen and oxygen atoms in total. The fraction of sp³-hybridized carbons (Fsp3) is 0.700. The minimum Gasteiger partial charge on any atom is -0.396 e. The van der Waals surface area contributed by atoms with Crippen LogP contribution in [0.4, 0.5) is 0 Å². The Bertz CT molecular complexity index is 734. The molecule has 2 fully saturated rings. The smallest absolute Gasteiger partial charge is 0.178 e. The van der Waals surface area contributed by atoms with E-state index >= 15 is 0 Å². The van der Waals surface area contributed by atoms with E-state index in [2.05, 4.69) is 0 Å². The lowest BCUT2D eigenvalue weighted by Crippen LogP contribution is -2.36. The molecule has 0 saturated carbocycles. The standard InChI is InChI=1S/C20H30O7S/c1-20(2)25-12-14(27-20)11-18-19(24-3)16(17(26-18)9-10-21)13-28(22,23)15-7-5-4-6-8-15/h4-8,14,16-19,21H,9-13H2,1-3H3/t14-,16?,17?,18+,19+/m0/s1. The third-order valence-corrected chi connectivity index (χ3v) is 7.19. The lowest BCUT2D eigenvalue weighted by atomic mass is 9.94. The summed E-state index contributed by atoms with van der Waals surface area (Å²) in [6, 6.07) is 8.39. The summed E-state index contributed by atoms with van der Waals surface area (Å²) in [7, 11) is -1.93.